The average molecular weight is 385 g/mol. The normalized spacial score (nSPS) is 17.6. The van der Waals surface area contributed by atoms with Crippen LogP contribution in [0.15, 0.2) is 28.7 Å². The Bertz CT molecular complexity index is 513. The van der Waals surface area contributed by atoms with Gasteiger partial charge >= 0.3 is 0 Å². The second-order valence-corrected chi connectivity index (χ2v) is 7.26. The minimum absolute atomic E-state index is 0.100. The first-order chi connectivity index (χ1) is 10.9. The number of morpholine rings is 1. The smallest absolute Gasteiger partial charge is 0.260 e. The Labute approximate surface area is 146 Å². The molecule has 128 valence electrons. The maximum atomic E-state index is 12.3. The van der Waals surface area contributed by atoms with Crippen molar-refractivity contribution in [3.8, 4) is 5.75 Å². The third-order valence-electron chi connectivity index (χ3n) is 4.06. The number of carbonyl (C=O) groups excluding carboxylic acids is 1. The molecule has 1 aliphatic rings. The zero-order chi connectivity index (χ0) is 16.9. The van der Waals surface area contributed by atoms with E-state index in [1.54, 1.807) is 6.92 Å². The van der Waals surface area contributed by atoms with E-state index >= 15 is 0 Å². The number of rotatable bonds is 6. The van der Waals surface area contributed by atoms with Crippen molar-refractivity contribution < 1.29 is 14.3 Å². The molecule has 23 heavy (non-hydrogen) atoms. The Morgan fingerprint density at radius 1 is 1.35 bits per heavy atom. The van der Waals surface area contributed by atoms with Gasteiger partial charge in [-0.25, -0.2) is 0 Å². The van der Waals surface area contributed by atoms with E-state index in [0.29, 0.717) is 12.3 Å². The van der Waals surface area contributed by atoms with Gasteiger partial charge in [-0.2, -0.15) is 0 Å². The van der Waals surface area contributed by atoms with E-state index in [-0.39, 0.29) is 11.4 Å². The van der Waals surface area contributed by atoms with Gasteiger partial charge in [-0.15, -0.1) is 0 Å². The van der Waals surface area contributed by atoms with Crippen molar-refractivity contribution >= 4 is 21.8 Å². The molecule has 0 saturated carbocycles. The Morgan fingerprint density at radius 2 is 1.96 bits per heavy atom. The summed E-state index contributed by atoms with van der Waals surface area (Å²) in [7, 11) is 0. The SMILES string of the molecule is C[C@@H](Oc1ccc(Br)cc1)C(=O)NCC(C)(C)N1CCOCC1. The molecule has 1 N–H and O–H groups in total. The zero-order valence-corrected chi connectivity index (χ0v) is 15.6. The molecule has 2 rings (SSSR count). The summed E-state index contributed by atoms with van der Waals surface area (Å²) in [6, 6.07) is 7.46. The first-order valence-corrected chi connectivity index (χ1v) is 8.70. The van der Waals surface area contributed by atoms with Crippen molar-refractivity contribution in [2.75, 3.05) is 32.8 Å². The van der Waals surface area contributed by atoms with Crippen LogP contribution >= 0.6 is 15.9 Å². The summed E-state index contributed by atoms with van der Waals surface area (Å²) < 4.78 is 12.0. The number of halogens is 1. The van der Waals surface area contributed by atoms with Crippen molar-refractivity contribution in [3.63, 3.8) is 0 Å². The number of amides is 1. The lowest BCUT2D eigenvalue weighted by atomic mass is 10.0. The standard InChI is InChI=1S/C17H25BrN2O3/c1-13(23-15-6-4-14(18)5-7-15)16(21)19-12-17(2,3)20-8-10-22-11-9-20/h4-7,13H,8-12H2,1-3H3,(H,19,21)/t13-/m1/s1. The molecule has 5 nitrogen and oxygen atoms in total. The van der Waals surface area contributed by atoms with Gasteiger partial charge < -0.3 is 14.8 Å². The van der Waals surface area contributed by atoms with E-state index in [9.17, 15) is 4.79 Å². The highest BCUT2D eigenvalue weighted by atomic mass is 79.9. The van der Waals surface area contributed by atoms with Crippen LogP contribution in [-0.4, -0.2) is 55.3 Å². The Hall–Kier alpha value is -1.11. The number of carbonyl (C=O) groups is 1. The van der Waals surface area contributed by atoms with Crippen LogP contribution in [-0.2, 0) is 9.53 Å². The van der Waals surface area contributed by atoms with Crippen molar-refractivity contribution in [3.05, 3.63) is 28.7 Å². The van der Waals surface area contributed by atoms with Crippen molar-refractivity contribution in [1.29, 1.82) is 0 Å². The first-order valence-electron chi connectivity index (χ1n) is 7.91. The molecule has 0 aliphatic carbocycles. The highest BCUT2D eigenvalue weighted by molar-refractivity contribution is 9.10. The Balaban J connectivity index is 1.82. The Kier molecular flexibility index (Phi) is 6.44. The van der Waals surface area contributed by atoms with E-state index in [1.165, 1.54) is 0 Å². The fourth-order valence-electron chi connectivity index (χ4n) is 2.50. The predicted octanol–water partition coefficient (Wildman–Crippen LogP) is 2.44. The highest BCUT2D eigenvalue weighted by Gasteiger charge is 2.29. The quantitative estimate of drug-likeness (QED) is 0.818. The van der Waals surface area contributed by atoms with Gasteiger partial charge in [0.25, 0.3) is 5.91 Å². The molecule has 1 fully saturated rings. The number of hydrogen-bond acceptors (Lipinski definition) is 4. The van der Waals surface area contributed by atoms with Crippen molar-refractivity contribution in [1.82, 2.24) is 10.2 Å². The van der Waals surface area contributed by atoms with Gasteiger partial charge in [0.15, 0.2) is 6.10 Å². The van der Waals surface area contributed by atoms with E-state index in [1.807, 2.05) is 24.3 Å². The minimum Gasteiger partial charge on any atom is -0.481 e. The van der Waals surface area contributed by atoms with Crippen LogP contribution in [0.2, 0.25) is 0 Å². The summed E-state index contributed by atoms with van der Waals surface area (Å²) >= 11 is 3.38. The summed E-state index contributed by atoms with van der Waals surface area (Å²) in [6.07, 6.45) is -0.531. The second-order valence-electron chi connectivity index (χ2n) is 6.34. The topological polar surface area (TPSA) is 50.8 Å². The zero-order valence-electron chi connectivity index (χ0n) is 14.0. The van der Waals surface area contributed by atoms with Crippen LogP contribution in [0.25, 0.3) is 0 Å². The molecule has 1 aliphatic heterocycles. The fraction of sp³-hybridized carbons (Fsp3) is 0.588. The molecule has 1 aromatic rings. The van der Waals surface area contributed by atoms with Crippen LogP contribution < -0.4 is 10.1 Å². The monoisotopic (exact) mass is 384 g/mol. The van der Waals surface area contributed by atoms with Gasteiger partial charge in [0.1, 0.15) is 5.75 Å². The van der Waals surface area contributed by atoms with Crippen LogP contribution in [0, 0.1) is 0 Å². The summed E-state index contributed by atoms with van der Waals surface area (Å²) in [4.78, 5) is 14.6. The largest absolute Gasteiger partial charge is 0.481 e. The summed E-state index contributed by atoms with van der Waals surface area (Å²) in [5.41, 5.74) is -0.100. The number of nitrogens with zero attached hydrogens (tertiary/aromatic N) is 1. The number of ether oxygens (including phenoxy) is 2. The van der Waals surface area contributed by atoms with Crippen LogP contribution in [0.5, 0.6) is 5.75 Å². The molecule has 1 aromatic carbocycles. The average Bonchev–Trinajstić information content (AvgIpc) is 2.55. The molecule has 1 atom stereocenters. The fourth-order valence-corrected chi connectivity index (χ4v) is 2.76. The van der Waals surface area contributed by atoms with E-state index in [4.69, 9.17) is 9.47 Å². The molecule has 1 amide bonds. The molecular weight excluding hydrogens is 360 g/mol. The van der Waals surface area contributed by atoms with E-state index < -0.39 is 6.10 Å². The lowest BCUT2D eigenvalue weighted by Gasteiger charge is -2.41. The number of hydrogen-bond donors (Lipinski definition) is 1. The second kappa shape index (κ2) is 8.13. The van der Waals surface area contributed by atoms with Crippen molar-refractivity contribution in [2.45, 2.75) is 32.4 Å². The molecule has 0 bridgehead atoms. The van der Waals surface area contributed by atoms with Gasteiger partial charge in [0.2, 0.25) is 0 Å². The minimum atomic E-state index is -0.531. The predicted molar refractivity (Wildman–Crippen MR) is 93.7 cm³/mol. The first kappa shape index (κ1) is 18.2. The molecule has 6 heteroatoms. The Morgan fingerprint density at radius 3 is 2.57 bits per heavy atom. The molecule has 1 saturated heterocycles. The number of nitrogens with one attached hydrogen (secondary N) is 1. The molecule has 0 spiro atoms. The van der Waals surface area contributed by atoms with Gasteiger partial charge in [-0.1, -0.05) is 15.9 Å². The number of benzene rings is 1. The van der Waals surface area contributed by atoms with E-state index in [0.717, 1.165) is 30.8 Å². The van der Waals surface area contributed by atoms with Crippen molar-refractivity contribution in [2.24, 2.45) is 0 Å². The summed E-state index contributed by atoms with van der Waals surface area (Å²) in [5, 5.41) is 3.00. The van der Waals surface area contributed by atoms with Gasteiger partial charge in [-0.05, 0) is 45.0 Å². The molecule has 0 radical (unpaired) electrons. The molecular formula is C17H25BrN2O3. The molecule has 0 unspecified atom stereocenters. The van der Waals surface area contributed by atoms with Crippen LogP contribution in [0.1, 0.15) is 20.8 Å². The maximum absolute atomic E-state index is 12.3. The van der Waals surface area contributed by atoms with Crippen LogP contribution in [0.4, 0.5) is 0 Å². The van der Waals surface area contributed by atoms with Crippen LogP contribution in [0.3, 0.4) is 0 Å². The van der Waals surface area contributed by atoms with Gasteiger partial charge in [0.05, 0.1) is 13.2 Å². The van der Waals surface area contributed by atoms with Gasteiger partial charge in [-0.3, -0.25) is 9.69 Å². The summed E-state index contributed by atoms with van der Waals surface area (Å²) in [5.74, 6) is 0.581. The third-order valence-corrected chi connectivity index (χ3v) is 4.59. The lowest BCUT2D eigenvalue weighted by molar-refractivity contribution is -0.128. The van der Waals surface area contributed by atoms with Gasteiger partial charge in [0, 0.05) is 29.6 Å². The third kappa shape index (κ3) is 5.48. The maximum Gasteiger partial charge on any atom is 0.260 e. The summed E-state index contributed by atoms with van der Waals surface area (Å²) in [6.45, 7) is 9.92. The lowest BCUT2D eigenvalue weighted by Crippen LogP contribution is -2.56. The highest BCUT2D eigenvalue weighted by Crippen LogP contribution is 2.18. The molecule has 1 heterocycles. The molecule has 0 aromatic heterocycles. The van der Waals surface area contributed by atoms with E-state index in [2.05, 4.69) is 40.0 Å².